The van der Waals surface area contributed by atoms with Gasteiger partial charge < -0.3 is 20.2 Å². The van der Waals surface area contributed by atoms with Crippen molar-refractivity contribution in [1.82, 2.24) is 19.9 Å². The van der Waals surface area contributed by atoms with Crippen molar-refractivity contribution in [2.24, 2.45) is 0 Å². The molecule has 4 rings (SSSR count). The normalized spacial score (nSPS) is 15.6. The molecular weight excluding hydrogens is 497 g/mol. The van der Waals surface area contributed by atoms with Crippen molar-refractivity contribution in [3.05, 3.63) is 52.7 Å². The number of piperazine rings is 1. The number of aliphatic hydroxyl groups is 1. The number of rotatable bonds is 6. The number of nitrogens with zero attached hydrogens (tertiary/aromatic N) is 5. The van der Waals surface area contributed by atoms with Crippen molar-refractivity contribution in [1.29, 1.82) is 0 Å². The number of benzene rings is 1. The van der Waals surface area contributed by atoms with Crippen LogP contribution in [0.1, 0.15) is 56.4 Å². The first-order valence-electron chi connectivity index (χ1n) is 12.5. The number of amides is 1. The van der Waals surface area contributed by atoms with Gasteiger partial charge in [0.2, 0.25) is 5.91 Å². The van der Waals surface area contributed by atoms with Crippen LogP contribution < -0.4 is 10.2 Å². The van der Waals surface area contributed by atoms with Crippen LogP contribution in [0.2, 0.25) is 0 Å². The molecule has 0 spiro atoms. The number of aryl methyl sites for hydroxylation is 2. The highest BCUT2D eigenvalue weighted by atomic mass is 19.3. The minimum Gasteiger partial charge on any atom is -0.384 e. The Kier molecular flexibility index (Phi) is 7.26. The van der Waals surface area contributed by atoms with Gasteiger partial charge in [0, 0.05) is 38.7 Å². The van der Waals surface area contributed by atoms with E-state index in [0.717, 1.165) is 31.3 Å². The average Bonchev–Trinajstić information content (AvgIpc) is 2.82. The van der Waals surface area contributed by atoms with Gasteiger partial charge in [-0.05, 0) is 46.8 Å². The summed E-state index contributed by atoms with van der Waals surface area (Å²) in [6, 6.07) is 4.94. The Balaban J connectivity index is 1.70. The van der Waals surface area contributed by atoms with E-state index in [-0.39, 0.29) is 11.5 Å². The monoisotopic (exact) mass is 530 g/mol. The Hall–Kier alpha value is -3.47. The van der Waals surface area contributed by atoms with Gasteiger partial charge in [-0.15, -0.1) is 0 Å². The molecule has 2 aromatic heterocycles. The summed E-state index contributed by atoms with van der Waals surface area (Å²) in [5.41, 5.74) is -1.20. The molecular formula is C27H33F3N6O2. The lowest BCUT2D eigenvalue weighted by Gasteiger charge is -2.36. The zero-order valence-corrected chi connectivity index (χ0v) is 22.4. The average molecular weight is 531 g/mol. The summed E-state index contributed by atoms with van der Waals surface area (Å²) >= 11 is 0. The molecule has 204 valence electrons. The number of halogens is 3. The molecule has 0 bridgehead atoms. The number of carbonyl (C=O) groups excluding carboxylic acids is 1. The SMILES string of the molecule is CC(=O)N1CCN(c2cc3c(N[C@H](C)c4cccc(C(F)(F)C(C)(C)O)c4F)nc(C)nc3nc2C)CC1. The standard InChI is InChI=1S/C27H33F3N6O2/c1-15(19-8-7-9-21(23(19)28)27(29,30)26(5,6)38)31-24-20-14-22(16(2)32-25(20)34-17(3)33-24)36-12-10-35(11-13-36)18(4)37/h7-9,14-15,38H,10-13H2,1-6H3,(H,31,32,33,34)/t15-/m1/s1. The van der Waals surface area contributed by atoms with Gasteiger partial charge >= 0.3 is 5.92 Å². The van der Waals surface area contributed by atoms with E-state index < -0.39 is 28.9 Å². The number of aromatic nitrogens is 3. The van der Waals surface area contributed by atoms with E-state index >= 15 is 4.39 Å². The fourth-order valence-corrected chi connectivity index (χ4v) is 4.67. The first kappa shape index (κ1) is 27.6. The van der Waals surface area contributed by atoms with Gasteiger partial charge in [0.05, 0.1) is 28.4 Å². The highest BCUT2D eigenvalue weighted by molar-refractivity contribution is 5.90. The number of fused-ring (bicyclic) bond motifs is 1. The molecule has 0 aliphatic carbocycles. The Labute approximate surface area is 219 Å². The van der Waals surface area contributed by atoms with E-state index in [1.165, 1.54) is 12.1 Å². The Morgan fingerprint density at radius 3 is 2.37 bits per heavy atom. The first-order valence-corrected chi connectivity index (χ1v) is 12.5. The van der Waals surface area contributed by atoms with Gasteiger partial charge in [0.15, 0.2) is 5.65 Å². The van der Waals surface area contributed by atoms with Crippen LogP contribution in [0.4, 0.5) is 24.7 Å². The summed E-state index contributed by atoms with van der Waals surface area (Å²) in [5.74, 6) is -4.00. The molecule has 1 aromatic carbocycles. The van der Waals surface area contributed by atoms with Crippen LogP contribution in [0.15, 0.2) is 24.3 Å². The highest BCUT2D eigenvalue weighted by Gasteiger charge is 2.49. The van der Waals surface area contributed by atoms with E-state index in [9.17, 15) is 18.7 Å². The predicted molar refractivity (Wildman–Crippen MR) is 140 cm³/mol. The quantitative estimate of drug-likeness (QED) is 0.485. The fourth-order valence-electron chi connectivity index (χ4n) is 4.67. The molecule has 2 N–H and O–H groups in total. The van der Waals surface area contributed by atoms with E-state index in [4.69, 9.17) is 0 Å². The van der Waals surface area contributed by atoms with Crippen LogP contribution in [0.3, 0.4) is 0 Å². The molecule has 1 aliphatic heterocycles. The second-order valence-electron chi connectivity index (χ2n) is 10.3. The molecule has 1 amide bonds. The van der Waals surface area contributed by atoms with Crippen molar-refractivity contribution in [2.75, 3.05) is 36.4 Å². The molecule has 1 fully saturated rings. The van der Waals surface area contributed by atoms with Gasteiger partial charge in [0.1, 0.15) is 23.1 Å². The number of carbonyl (C=O) groups is 1. The highest BCUT2D eigenvalue weighted by Crippen LogP contribution is 2.41. The Bertz CT molecular complexity index is 1370. The third-order valence-electron chi connectivity index (χ3n) is 6.98. The molecule has 8 nitrogen and oxygen atoms in total. The second-order valence-corrected chi connectivity index (χ2v) is 10.3. The fraction of sp³-hybridized carbons (Fsp3) is 0.481. The summed E-state index contributed by atoms with van der Waals surface area (Å²) in [6.45, 7) is 11.2. The summed E-state index contributed by atoms with van der Waals surface area (Å²) in [6.07, 6.45) is 0. The molecule has 11 heteroatoms. The topological polar surface area (TPSA) is 94.5 Å². The van der Waals surface area contributed by atoms with Gasteiger partial charge in [-0.3, -0.25) is 4.79 Å². The van der Waals surface area contributed by atoms with Crippen LogP contribution in [0.5, 0.6) is 0 Å². The number of anilines is 2. The van der Waals surface area contributed by atoms with E-state index in [1.807, 2.05) is 13.0 Å². The predicted octanol–water partition coefficient (Wildman–Crippen LogP) is 4.49. The minimum absolute atomic E-state index is 0.0106. The second kappa shape index (κ2) is 10.0. The van der Waals surface area contributed by atoms with Crippen LogP contribution in [0, 0.1) is 19.7 Å². The first-order chi connectivity index (χ1) is 17.7. The van der Waals surface area contributed by atoms with Crippen LogP contribution >= 0.6 is 0 Å². The van der Waals surface area contributed by atoms with Crippen molar-refractivity contribution < 1.29 is 23.1 Å². The number of nitrogens with one attached hydrogen (secondary N) is 1. The van der Waals surface area contributed by atoms with Crippen molar-refractivity contribution in [3.8, 4) is 0 Å². The zero-order chi connectivity index (χ0) is 28.0. The Morgan fingerprint density at radius 1 is 1.11 bits per heavy atom. The van der Waals surface area contributed by atoms with Crippen LogP contribution in [-0.2, 0) is 10.7 Å². The van der Waals surface area contributed by atoms with E-state index in [0.29, 0.717) is 48.9 Å². The largest absolute Gasteiger partial charge is 0.384 e. The lowest BCUT2D eigenvalue weighted by Crippen LogP contribution is -2.48. The van der Waals surface area contributed by atoms with Crippen molar-refractivity contribution in [2.45, 2.75) is 59.1 Å². The third kappa shape index (κ3) is 5.11. The molecule has 1 saturated heterocycles. The minimum atomic E-state index is -3.80. The third-order valence-corrected chi connectivity index (χ3v) is 6.98. The molecule has 0 radical (unpaired) electrons. The maximum Gasteiger partial charge on any atom is 0.303 e. The maximum atomic E-state index is 15.4. The molecule has 3 heterocycles. The molecule has 0 unspecified atom stereocenters. The number of alkyl halides is 2. The summed E-state index contributed by atoms with van der Waals surface area (Å²) in [4.78, 5) is 29.3. The van der Waals surface area contributed by atoms with Crippen molar-refractivity contribution >= 4 is 28.4 Å². The van der Waals surface area contributed by atoms with Crippen LogP contribution in [0.25, 0.3) is 11.0 Å². The van der Waals surface area contributed by atoms with Crippen molar-refractivity contribution in [3.63, 3.8) is 0 Å². The summed E-state index contributed by atoms with van der Waals surface area (Å²) in [7, 11) is 0. The molecule has 1 atom stereocenters. The Morgan fingerprint density at radius 2 is 1.76 bits per heavy atom. The molecule has 1 aliphatic rings. The molecule has 38 heavy (non-hydrogen) atoms. The smallest absolute Gasteiger partial charge is 0.303 e. The van der Waals surface area contributed by atoms with Gasteiger partial charge in [-0.2, -0.15) is 8.78 Å². The van der Waals surface area contributed by atoms with E-state index in [1.54, 1.807) is 25.7 Å². The van der Waals surface area contributed by atoms with Gasteiger partial charge in [-0.1, -0.05) is 12.1 Å². The molecule has 3 aromatic rings. The summed E-state index contributed by atoms with van der Waals surface area (Å²) < 4.78 is 45.0. The number of pyridine rings is 1. The number of hydrogen-bond donors (Lipinski definition) is 2. The van der Waals surface area contributed by atoms with Gasteiger partial charge in [0.25, 0.3) is 0 Å². The summed E-state index contributed by atoms with van der Waals surface area (Å²) in [5, 5.41) is 13.7. The lowest BCUT2D eigenvalue weighted by atomic mass is 9.91. The number of hydrogen-bond acceptors (Lipinski definition) is 7. The van der Waals surface area contributed by atoms with E-state index in [2.05, 4.69) is 25.2 Å². The zero-order valence-electron chi connectivity index (χ0n) is 22.4. The van der Waals surface area contributed by atoms with Gasteiger partial charge in [-0.25, -0.2) is 19.3 Å². The lowest BCUT2D eigenvalue weighted by molar-refractivity contribution is -0.170. The molecule has 0 saturated carbocycles. The maximum absolute atomic E-state index is 15.4. The van der Waals surface area contributed by atoms with Crippen LogP contribution in [-0.4, -0.2) is 62.6 Å².